The molecule has 3 rings (SSSR count). The molecule has 3 aliphatic carbocycles. The molecule has 3 saturated carbocycles. The molecule has 0 amide bonds. The van der Waals surface area contributed by atoms with E-state index in [0.717, 1.165) is 35.5 Å². The van der Waals surface area contributed by atoms with Crippen LogP contribution in [0.4, 0.5) is 0 Å². The summed E-state index contributed by atoms with van der Waals surface area (Å²) in [5.74, 6) is 5.23. The summed E-state index contributed by atoms with van der Waals surface area (Å²) in [6.45, 7) is 30.2. The molecule has 0 heterocycles. The van der Waals surface area contributed by atoms with E-state index in [-0.39, 0.29) is 0 Å². The van der Waals surface area contributed by atoms with Crippen LogP contribution in [0.3, 0.4) is 0 Å². The molecule has 3 fully saturated rings. The first-order chi connectivity index (χ1) is 10.5. The number of hydrogen-bond acceptors (Lipinski definition) is 0. The van der Waals surface area contributed by atoms with Gasteiger partial charge in [-0.25, -0.2) is 0 Å². The SMILES string of the molecule is CC(C)(C)C1C2CCC(C1C(C)(C)C)C(C(C)(C)C)C2C(C)(C)C. The van der Waals surface area contributed by atoms with Gasteiger partial charge in [0.2, 0.25) is 0 Å². The van der Waals surface area contributed by atoms with Crippen LogP contribution >= 0.6 is 0 Å². The minimum absolute atomic E-state index is 0.410. The van der Waals surface area contributed by atoms with Crippen LogP contribution in [0.5, 0.6) is 0 Å². The molecule has 4 atom stereocenters. The molecule has 142 valence electrons. The van der Waals surface area contributed by atoms with Crippen molar-refractivity contribution in [3.63, 3.8) is 0 Å². The molecule has 0 aromatic heterocycles. The Morgan fingerprint density at radius 3 is 0.667 bits per heavy atom. The zero-order valence-electron chi connectivity index (χ0n) is 18.9. The van der Waals surface area contributed by atoms with Gasteiger partial charge in [-0.05, 0) is 70.0 Å². The van der Waals surface area contributed by atoms with Crippen molar-refractivity contribution in [1.82, 2.24) is 0 Å². The molecule has 0 nitrogen and oxygen atoms in total. The molecular formula is C24H46. The summed E-state index contributed by atoms with van der Waals surface area (Å²) in [5.41, 5.74) is 1.64. The third-order valence-electron chi connectivity index (χ3n) is 7.45. The topological polar surface area (TPSA) is 0 Å². The minimum Gasteiger partial charge on any atom is -0.0599 e. The van der Waals surface area contributed by atoms with Crippen LogP contribution in [0.15, 0.2) is 0 Å². The second kappa shape index (κ2) is 5.75. The summed E-state index contributed by atoms with van der Waals surface area (Å²) in [6.07, 6.45) is 2.93. The normalized spacial score (nSPS) is 38.5. The number of fused-ring (bicyclic) bond motifs is 3. The molecule has 0 aromatic carbocycles. The average Bonchev–Trinajstić information content (AvgIpc) is 2.32. The molecule has 2 bridgehead atoms. The largest absolute Gasteiger partial charge is 0.0599 e. The number of rotatable bonds is 0. The van der Waals surface area contributed by atoms with E-state index in [4.69, 9.17) is 0 Å². The Bertz CT molecular complexity index is 358. The van der Waals surface area contributed by atoms with Crippen LogP contribution in [-0.4, -0.2) is 0 Å². The third-order valence-corrected chi connectivity index (χ3v) is 7.45. The smallest absolute Gasteiger partial charge is 0.0298 e. The van der Waals surface area contributed by atoms with Gasteiger partial charge in [0.05, 0.1) is 0 Å². The van der Waals surface area contributed by atoms with Gasteiger partial charge < -0.3 is 0 Å². The predicted molar refractivity (Wildman–Crippen MR) is 108 cm³/mol. The molecule has 0 radical (unpaired) electrons. The summed E-state index contributed by atoms with van der Waals surface area (Å²) >= 11 is 0. The molecule has 0 spiro atoms. The average molecular weight is 335 g/mol. The van der Waals surface area contributed by atoms with Crippen LogP contribution in [0.2, 0.25) is 0 Å². The van der Waals surface area contributed by atoms with Crippen molar-refractivity contribution in [2.75, 3.05) is 0 Å². The van der Waals surface area contributed by atoms with Gasteiger partial charge in [-0.1, -0.05) is 83.1 Å². The second-order valence-corrected chi connectivity index (χ2v) is 13.5. The lowest BCUT2D eigenvalue weighted by Crippen LogP contribution is -2.62. The van der Waals surface area contributed by atoms with E-state index in [0.29, 0.717) is 21.7 Å². The van der Waals surface area contributed by atoms with Gasteiger partial charge in [0.1, 0.15) is 0 Å². The Balaban J connectivity index is 2.63. The van der Waals surface area contributed by atoms with Gasteiger partial charge in [-0.2, -0.15) is 0 Å². The summed E-state index contributed by atoms with van der Waals surface area (Å²) in [4.78, 5) is 0. The molecule has 0 N–H and O–H groups in total. The van der Waals surface area contributed by atoms with E-state index in [9.17, 15) is 0 Å². The zero-order chi connectivity index (χ0) is 18.9. The molecule has 0 aromatic rings. The minimum atomic E-state index is 0.410. The lowest BCUT2D eigenvalue weighted by molar-refractivity contribution is -0.199. The lowest BCUT2D eigenvalue weighted by atomic mass is 9.37. The maximum atomic E-state index is 2.52. The van der Waals surface area contributed by atoms with Gasteiger partial charge in [-0.15, -0.1) is 0 Å². The second-order valence-electron chi connectivity index (χ2n) is 13.5. The highest BCUT2D eigenvalue weighted by Crippen LogP contribution is 2.68. The van der Waals surface area contributed by atoms with E-state index in [1.807, 2.05) is 0 Å². The van der Waals surface area contributed by atoms with Gasteiger partial charge in [0.15, 0.2) is 0 Å². The monoisotopic (exact) mass is 334 g/mol. The van der Waals surface area contributed by atoms with Crippen molar-refractivity contribution < 1.29 is 0 Å². The molecule has 0 heteroatoms. The molecule has 0 aliphatic heterocycles. The fourth-order valence-electron chi connectivity index (χ4n) is 7.34. The highest BCUT2D eigenvalue weighted by Gasteiger charge is 2.62. The van der Waals surface area contributed by atoms with Gasteiger partial charge in [0, 0.05) is 0 Å². The summed E-state index contributed by atoms with van der Waals surface area (Å²) < 4.78 is 0. The maximum absolute atomic E-state index is 2.52. The van der Waals surface area contributed by atoms with Crippen LogP contribution in [0, 0.1) is 57.2 Å². The van der Waals surface area contributed by atoms with E-state index < -0.39 is 0 Å². The van der Waals surface area contributed by atoms with E-state index >= 15 is 0 Å². The van der Waals surface area contributed by atoms with E-state index in [2.05, 4.69) is 83.1 Å². The first-order valence-corrected chi connectivity index (χ1v) is 10.5. The molecule has 4 unspecified atom stereocenters. The Morgan fingerprint density at radius 1 is 0.375 bits per heavy atom. The van der Waals surface area contributed by atoms with Gasteiger partial charge >= 0.3 is 0 Å². The molecular weight excluding hydrogens is 288 g/mol. The standard InChI is InChI=1S/C24H46/c1-21(2,3)17-15-13-14-16(18(17)22(4,5)6)20(24(10,11)12)19(15)23(7,8)9/h15-20H,13-14H2,1-12H3. The number of hydrogen-bond donors (Lipinski definition) is 0. The van der Waals surface area contributed by atoms with Crippen molar-refractivity contribution >= 4 is 0 Å². The Hall–Kier alpha value is 0. The zero-order valence-corrected chi connectivity index (χ0v) is 18.9. The van der Waals surface area contributed by atoms with Crippen LogP contribution in [0.25, 0.3) is 0 Å². The van der Waals surface area contributed by atoms with Crippen LogP contribution < -0.4 is 0 Å². The molecule has 24 heavy (non-hydrogen) atoms. The van der Waals surface area contributed by atoms with Gasteiger partial charge in [-0.3, -0.25) is 0 Å². The fraction of sp³-hybridized carbons (Fsp3) is 1.00. The Labute approximate surface area is 153 Å². The van der Waals surface area contributed by atoms with Crippen molar-refractivity contribution in [3.8, 4) is 0 Å². The highest BCUT2D eigenvalue weighted by atomic mass is 14.7. The Morgan fingerprint density at radius 2 is 0.542 bits per heavy atom. The molecule has 0 saturated heterocycles. The highest BCUT2D eigenvalue weighted by molar-refractivity contribution is 5.10. The van der Waals surface area contributed by atoms with Crippen molar-refractivity contribution in [2.45, 2.75) is 95.9 Å². The van der Waals surface area contributed by atoms with Crippen molar-refractivity contribution in [2.24, 2.45) is 57.2 Å². The van der Waals surface area contributed by atoms with Crippen LogP contribution in [-0.2, 0) is 0 Å². The Kier molecular flexibility index (Phi) is 4.87. The summed E-state index contributed by atoms with van der Waals surface area (Å²) in [6, 6.07) is 0. The summed E-state index contributed by atoms with van der Waals surface area (Å²) in [5, 5.41) is 0. The van der Waals surface area contributed by atoms with Crippen molar-refractivity contribution in [3.05, 3.63) is 0 Å². The van der Waals surface area contributed by atoms with Gasteiger partial charge in [0.25, 0.3) is 0 Å². The first-order valence-electron chi connectivity index (χ1n) is 10.5. The maximum Gasteiger partial charge on any atom is -0.0298 e. The third kappa shape index (κ3) is 3.45. The lowest BCUT2D eigenvalue weighted by Gasteiger charge is -2.68. The quantitative estimate of drug-likeness (QED) is 0.426. The van der Waals surface area contributed by atoms with E-state index in [1.54, 1.807) is 0 Å². The van der Waals surface area contributed by atoms with E-state index in [1.165, 1.54) is 12.8 Å². The predicted octanol–water partition coefficient (Wildman–Crippen LogP) is 7.68. The van der Waals surface area contributed by atoms with Crippen LogP contribution in [0.1, 0.15) is 95.9 Å². The summed E-state index contributed by atoms with van der Waals surface area (Å²) in [7, 11) is 0. The first kappa shape index (κ1) is 20.3. The fourth-order valence-corrected chi connectivity index (χ4v) is 7.34. The molecule has 3 aliphatic rings. The van der Waals surface area contributed by atoms with Crippen molar-refractivity contribution in [1.29, 1.82) is 0 Å².